The number of fused-ring (bicyclic) bond motifs is 3. The van der Waals surface area contributed by atoms with Gasteiger partial charge < -0.3 is 14.7 Å². The summed E-state index contributed by atoms with van der Waals surface area (Å²) in [6, 6.07) is 12.1. The second-order valence-electron chi connectivity index (χ2n) is 10.1. The van der Waals surface area contributed by atoms with E-state index in [1.165, 1.54) is 0 Å². The molecule has 1 saturated heterocycles. The molecule has 2 aromatic carbocycles. The number of alkyl halides is 2. The van der Waals surface area contributed by atoms with Crippen molar-refractivity contribution < 1.29 is 18.4 Å². The molecule has 0 N–H and O–H groups in total. The maximum Gasteiger partial charge on any atom is 0.254 e. The minimum absolute atomic E-state index is 0.0871. The highest BCUT2D eigenvalue weighted by atomic mass is 19.3. The number of carbonyl (C=O) groups is 2. The zero-order valence-electron chi connectivity index (χ0n) is 19.4. The molecule has 3 heterocycles. The predicted octanol–water partition coefficient (Wildman–Crippen LogP) is 4.52. The van der Waals surface area contributed by atoms with Gasteiger partial charge in [-0.15, -0.1) is 0 Å². The first kappa shape index (κ1) is 21.3. The van der Waals surface area contributed by atoms with Crippen molar-refractivity contribution in [3.63, 3.8) is 0 Å². The lowest BCUT2D eigenvalue weighted by molar-refractivity contribution is -0.133. The van der Waals surface area contributed by atoms with Crippen LogP contribution in [0.4, 0.5) is 14.5 Å². The van der Waals surface area contributed by atoms with E-state index in [1.54, 1.807) is 4.90 Å². The van der Waals surface area contributed by atoms with Crippen LogP contribution in [-0.4, -0.2) is 61.3 Å². The Morgan fingerprint density at radius 3 is 2.41 bits per heavy atom. The Bertz CT molecular complexity index is 1250. The minimum atomic E-state index is -2.68. The van der Waals surface area contributed by atoms with Crippen molar-refractivity contribution in [1.29, 1.82) is 0 Å². The molecular weight excluding hydrogens is 436 g/mol. The maximum atomic E-state index is 13.5. The van der Waals surface area contributed by atoms with Crippen molar-refractivity contribution in [3.05, 3.63) is 58.7 Å². The molecule has 0 atom stereocenters. The first-order chi connectivity index (χ1) is 16.2. The second kappa shape index (κ2) is 7.14. The molecule has 4 aliphatic rings. The minimum Gasteiger partial charge on any atom is -0.369 e. The van der Waals surface area contributed by atoms with E-state index in [-0.39, 0.29) is 43.3 Å². The van der Waals surface area contributed by atoms with Crippen LogP contribution in [0.1, 0.15) is 47.2 Å². The van der Waals surface area contributed by atoms with Crippen LogP contribution in [0.5, 0.6) is 0 Å². The van der Waals surface area contributed by atoms with Gasteiger partial charge in [-0.1, -0.05) is 24.3 Å². The Hall–Kier alpha value is -3.22. The largest absolute Gasteiger partial charge is 0.369 e. The summed E-state index contributed by atoms with van der Waals surface area (Å²) in [4.78, 5) is 31.3. The monoisotopic (exact) mass is 463 g/mol. The van der Waals surface area contributed by atoms with Crippen LogP contribution in [0.2, 0.25) is 0 Å². The molecule has 2 amide bonds. The van der Waals surface area contributed by atoms with E-state index in [9.17, 15) is 18.4 Å². The van der Waals surface area contributed by atoms with Crippen molar-refractivity contribution in [2.75, 3.05) is 38.6 Å². The van der Waals surface area contributed by atoms with Gasteiger partial charge in [0.2, 0.25) is 0 Å². The van der Waals surface area contributed by atoms with Gasteiger partial charge in [0, 0.05) is 63.3 Å². The highest BCUT2D eigenvalue weighted by Crippen LogP contribution is 2.56. The van der Waals surface area contributed by atoms with Crippen LogP contribution in [0.15, 0.2) is 42.0 Å². The third kappa shape index (κ3) is 3.09. The van der Waals surface area contributed by atoms with Gasteiger partial charge in [-0.05, 0) is 47.7 Å². The topological polar surface area (TPSA) is 43.9 Å². The van der Waals surface area contributed by atoms with Crippen LogP contribution >= 0.6 is 0 Å². The number of likely N-dealkylation sites (N-methyl/N-ethyl adjacent to an activating group) is 1. The number of para-hydroxylation sites is 1. The third-order valence-corrected chi connectivity index (χ3v) is 7.98. The number of amides is 2. The van der Waals surface area contributed by atoms with Gasteiger partial charge in [-0.2, -0.15) is 0 Å². The molecule has 2 fully saturated rings. The van der Waals surface area contributed by atoms with Crippen LogP contribution in [-0.2, 0) is 10.3 Å². The standard InChI is InChI=1S/C27H27F2N3O2/c1-30-16-19(24(33)32-12-10-27(28,29)11-13-32)14-18-4-3-5-20(23(18)30)17-6-7-21-22(15-17)26(8-9-26)31(2)25(21)34/h3-7,14-15H,8-13,16H2,1-2H3. The van der Waals surface area contributed by atoms with E-state index in [0.29, 0.717) is 12.1 Å². The first-order valence-electron chi connectivity index (χ1n) is 11.9. The van der Waals surface area contributed by atoms with E-state index in [0.717, 1.165) is 46.3 Å². The number of likely N-dealkylation sites (tertiary alicyclic amines) is 1. The highest BCUT2D eigenvalue weighted by Gasteiger charge is 2.56. The summed E-state index contributed by atoms with van der Waals surface area (Å²) in [5.74, 6) is -2.74. The van der Waals surface area contributed by atoms with Gasteiger partial charge in [0.25, 0.3) is 17.7 Å². The summed E-state index contributed by atoms with van der Waals surface area (Å²) in [5, 5.41) is 0. The van der Waals surface area contributed by atoms with Crippen LogP contribution in [0.25, 0.3) is 17.2 Å². The van der Waals surface area contributed by atoms with Crippen molar-refractivity contribution in [2.24, 2.45) is 0 Å². The average Bonchev–Trinajstić information content (AvgIpc) is 3.60. The van der Waals surface area contributed by atoms with E-state index in [2.05, 4.69) is 17.0 Å². The third-order valence-electron chi connectivity index (χ3n) is 7.98. The predicted molar refractivity (Wildman–Crippen MR) is 127 cm³/mol. The molecule has 176 valence electrons. The van der Waals surface area contributed by atoms with Crippen molar-refractivity contribution in [1.82, 2.24) is 9.80 Å². The number of carbonyl (C=O) groups excluding carboxylic acids is 2. The van der Waals surface area contributed by atoms with Crippen LogP contribution in [0, 0.1) is 0 Å². The smallest absolute Gasteiger partial charge is 0.254 e. The fraction of sp³-hybridized carbons (Fsp3) is 0.407. The summed E-state index contributed by atoms with van der Waals surface area (Å²) in [5.41, 5.74) is 6.46. The Morgan fingerprint density at radius 2 is 1.71 bits per heavy atom. The van der Waals surface area contributed by atoms with E-state index >= 15 is 0 Å². The number of anilines is 1. The van der Waals surface area contributed by atoms with Gasteiger partial charge in [0.05, 0.1) is 11.2 Å². The number of piperidine rings is 1. The lowest BCUT2D eigenvalue weighted by atomic mass is 9.91. The lowest BCUT2D eigenvalue weighted by Crippen LogP contribution is -2.44. The molecule has 1 spiro atoms. The molecule has 0 unspecified atom stereocenters. The summed E-state index contributed by atoms with van der Waals surface area (Å²) < 4.78 is 27.1. The number of hydrogen-bond acceptors (Lipinski definition) is 3. The average molecular weight is 464 g/mol. The molecule has 2 aromatic rings. The normalized spacial score (nSPS) is 21.9. The number of benzene rings is 2. The molecular formula is C27H27F2N3O2. The summed E-state index contributed by atoms with van der Waals surface area (Å²) in [6.07, 6.45) is 3.34. The van der Waals surface area contributed by atoms with Gasteiger partial charge in [-0.25, -0.2) is 8.78 Å². The van der Waals surface area contributed by atoms with E-state index in [1.807, 2.05) is 49.3 Å². The van der Waals surface area contributed by atoms with Gasteiger partial charge in [0.15, 0.2) is 0 Å². The number of nitrogens with zero attached hydrogens (tertiary/aromatic N) is 3. The van der Waals surface area contributed by atoms with Gasteiger partial charge in [-0.3, -0.25) is 9.59 Å². The number of hydrogen-bond donors (Lipinski definition) is 0. The van der Waals surface area contributed by atoms with Crippen molar-refractivity contribution >= 4 is 23.6 Å². The fourth-order valence-corrected chi connectivity index (χ4v) is 5.84. The highest BCUT2D eigenvalue weighted by molar-refractivity contribution is 6.04. The molecule has 0 bridgehead atoms. The molecule has 0 aromatic heterocycles. The van der Waals surface area contributed by atoms with Gasteiger partial charge in [0.1, 0.15) is 0 Å². The summed E-state index contributed by atoms with van der Waals surface area (Å²) in [7, 11) is 3.85. The zero-order valence-corrected chi connectivity index (χ0v) is 19.4. The molecule has 0 radical (unpaired) electrons. The molecule has 1 aliphatic carbocycles. The molecule has 3 aliphatic heterocycles. The Labute approximate surface area is 197 Å². The Morgan fingerprint density at radius 1 is 0.971 bits per heavy atom. The Kier molecular flexibility index (Phi) is 4.48. The molecule has 6 rings (SSSR count). The van der Waals surface area contributed by atoms with Crippen molar-refractivity contribution in [2.45, 2.75) is 37.1 Å². The SMILES string of the molecule is CN1CC(C(=O)N2CCC(F)(F)CC2)=Cc2cccc(-c3ccc4c(c3)C3(CC3)N(C)C4=O)c21. The lowest BCUT2D eigenvalue weighted by Gasteiger charge is -2.35. The fourth-order valence-electron chi connectivity index (χ4n) is 5.84. The van der Waals surface area contributed by atoms with Gasteiger partial charge >= 0.3 is 0 Å². The second-order valence-corrected chi connectivity index (χ2v) is 10.1. The maximum absolute atomic E-state index is 13.5. The Balaban J connectivity index is 1.35. The first-order valence-corrected chi connectivity index (χ1v) is 11.9. The molecule has 34 heavy (non-hydrogen) atoms. The summed E-state index contributed by atoms with van der Waals surface area (Å²) in [6.45, 7) is 0.597. The van der Waals surface area contributed by atoms with Crippen LogP contribution < -0.4 is 4.90 Å². The number of halogens is 2. The van der Waals surface area contributed by atoms with Crippen LogP contribution in [0.3, 0.4) is 0 Å². The number of rotatable bonds is 2. The van der Waals surface area contributed by atoms with E-state index in [4.69, 9.17) is 0 Å². The van der Waals surface area contributed by atoms with E-state index < -0.39 is 5.92 Å². The zero-order chi connectivity index (χ0) is 23.8. The summed E-state index contributed by atoms with van der Waals surface area (Å²) >= 11 is 0. The molecule has 1 saturated carbocycles. The quantitative estimate of drug-likeness (QED) is 0.658. The molecule has 7 heteroatoms. The van der Waals surface area contributed by atoms with Crippen molar-refractivity contribution in [3.8, 4) is 11.1 Å². The molecule has 5 nitrogen and oxygen atoms in total.